The van der Waals surface area contributed by atoms with Crippen LogP contribution in [0, 0.1) is 11.3 Å². The fourth-order valence-corrected chi connectivity index (χ4v) is 3.48. The van der Waals surface area contributed by atoms with Gasteiger partial charge >= 0.3 is 0 Å². The highest BCUT2D eigenvalue weighted by Crippen LogP contribution is 2.24. The Kier molecular flexibility index (Phi) is 7.25. The second kappa shape index (κ2) is 9.87. The standard InChI is InChI=1S/C21H21Cl2N3O3/c22-16-7-6-15(12-17(16)23)20(27)25-18(13-8-10-29-11-9-13)21(28)26-19(24)14-4-2-1-3-5-14/h1-7,12-13,18H,8-11H2,(H,25,27)(H2,24,26,28). The van der Waals surface area contributed by atoms with Crippen LogP contribution in [0.2, 0.25) is 10.0 Å². The van der Waals surface area contributed by atoms with Crippen molar-refractivity contribution in [2.75, 3.05) is 13.2 Å². The van der Waals surface area contributed by atoms with Gasteiger partial charge in [-0.15, -0.1) is 0 Å². The highest BCUT2D eigenvalue weighted by molar-refractivity contribution is 6.42. The summed E-state index contributed by atoms with van der Waals surface area (Å²) in [6.07, 6.45) is 1.27. The average Bonchev–Trinajstić information content (AvgIpc) is 2.74. The molecule has 0 aliphatic carbocycles. The Bertz CT molecular complexity index is 899. The minimum Gasteiger partial charge on any atom is -0.381 e. The van der Waals surface area contributed by atoms with Crippen molar-refractivity contribution in [3.63, 3.8) is 0 Å². The molecule has 1 atom stereocenters. The maximum atomic E-state index is 13.0. The number of amides is 2. The first-order chi connectivity index (χ1) is 14.0. The van der Waals surface area contributed by atoms with E-state index >= 15 is 0 Å². The minimum absolute atomic E-state index is 0.0172. The number of carbonyl (C=O) groups excluding carboxylic acids is 2. The predicted octanol–water partition coefficient (Wildman–Crippen LogP) is 3.66. The van der Waals surface area contributed by atoms with Crippen LogP contribution < -0.4 is 10.6 Å². The van der Waals surface area contributed by atoms with E-state index < -0.39 is 17.9 Å². The molecule has 3 N–H and O–H groups in total. The zero-order chi connectivity index (χ0) is 20.8. The molecule has 1 aliphatic heterocycles. The van der Waals surface area contributed by atoms with Gasteiger partial charge in [0, 0.05) is 24.3 Å². The van der Waals surface area contributed by atoms with Crippen molar-refractivity contribution in [1.82, 2.24) is 10.6 Å². The number of benzene rings is 2. The van der Waals surface area contributed by atoms with Gasteiger partial charge in [0.05, 0.1) is 10.0 Å². The molecule has 1 saturated heterocycles. The summed E-state index contributed by atoms with van der Waals surface area (Å²) in [6.45, 7) is 1.04. The average molecular weight is 434 g/mol. The molecule has 8 heteroatoms. The van der Waals surface area contributed by atoms with Crippen LogP contribution in [0.4, 0.5) is 0 Å². The van der Waals surface area contributed by atoms with Crippen molar-refractivity contribution in [3.05, 3.63) is 69.7 Å². The van der Waals surface area contributed by atoms with Crippen molar-refractivity contribution in [2.24, 2.45) is 5.92 Å². The third-order valence-electron chi connectivity index (χ3n) is 4.80. The summed E-state index contributed by atoms with van der Waals surface area (Å²) in [5.74, 6) is -0.976. The number of rotatable bonds is 5. The Balaban J connectivity index is 1.76. The molecule has 0 saturated carbocycles. The largest absolute Gasteiger partial charge is 0.381 e. The SMILES string of the molecule is N=C(NC(=O)C(NC(=O)c1ccc(Cl)c(Cl)c1)C1CCOCC1)c1ccccc1. The summed E-state index contributed by atoms with van der Waals surface area (Å²) in [7, 11) is 0. The minimum atomic E-state index is -0.801. The molecule has 1 heterocycles. The van der Waals surface area contributed by atoms with Crippen LogP contribution in [0.15, 0.2) is 48.5 Å². The van der Waals surface area contributed by atoms with Crippen LogP contribution >= 0.6 is 23.2 Å². The summed E-state index contributed by atoms with van der Waals surface area (Å²) in [5.41, 5.74) is 0.893. The van der Waals surface area contributed by atoms with Crippen LogP contribution in [0.3, 0.4) is 0 Å². The molecule has 0 spiro atoms. The summed E-state index contributed by atoms with van der Waals surface area (Å²) >= 11 is 11.9. The summed E-state index contributed by atoms with van der Waals surface area (Å²) < 4.78 is 5.38. The van der Waals surface area contributed by atoms with Crippen molar-refractivity contribution in [1.29, 1.82) is 5.41 Å². The maximum absolute atomic E-state index is 13.0. The lowest BCUT2D eigenvalue weighted by Gasteiger charge is -2.30. The van der Waals surface area contributed by atoms with E-state index in [0.717, 1.165) is 0 Å². The van der Waals surface area contributed by atoms with Crippen molar-refractivity contribution in [2.45, 2.75) is 18.9 Å². The zero-order valence-electron chi connectivity index (χ0n) is 15.6. The first-order valence-corrected chi connectivity index (χ1v) is 10.00. The van der Waals surface area contributed by atoms with E-state index in [4.69, 9.17) is 33.3 Å². The van der Waals surface area contributed by atoms with Gasteiger partial charge in [-0.1, -0.05) is 53.5 Å². The molecule has 0 bridgehead atoms. The van der Waals surface area contributed by atoms with Gasteiger partial charge < -0.3 is 15.4 Å². The van der Waals surface area contributed by atoms with E-state index in [1.165, 1.54) is 12.1 Å². The number of ether oxygens (including phenoxy) is 1. The Morgan fingerprint density at radius 2 is 1.69 bits per heavy atom. The molecule has 2 aromatic rings. The lowest BCUT2D eigenvalue weighted by atomic mass is 9.90. The highest BCUT2D eigenvalue weighted by Gasteiger charge is 2.32. The van der Waals surface area contributed by atoms with Gasteiger partial charge in [0.15, 0.2) is 0 Å². The van der Waals surface area contributed by atoms with Gasteiger partial charge in [0.2, 0.25) is 5.91 Å². The number of amidine groups is 1. The third-order valence-corrected chi connectivity index (χ3v) is 5.54. The Hall–Kier alpha value is -2.41. The highest BCUT2D eigenvalue weighted by atomic mass is 35.5. The van der Waals surface area contributed by atoms with Gasteiger partial charge in [-0.3, -0.25) is 15.0 Å². The second-order valence-electron chi connectivity index (χ2n) is 6.76. The molecule has 3 rings (SSSR count). The Morgan fingerprint density at radius 1 is 1.00 bits per heavy atom. The van der Waals surface area contributed by atoms with Crippen LogP contribution in [0.25, 0.3) is 0 Å². The number of halogens is 2. The summed E-state index contributed by atoms with van der Waals surface area (Å²) in [4.78, 5) is 25.7. The normalized spacial score (nSPS) is 15.4. The zero-order valence-corrected chi connectivity index (χ0v) is 17.1. The molecule has 1 unspecified atom stereocenters. The van der Waals surface area contributed by atoms with Gasteiger partial charge in [0.25, 0.3) is 5.91 Å². The van der Waals surface area contributed by atoms with Crippen LogP contribution in [-0.2, 0) is 9.53 Å². The summed E-state index contributed by atoms with van der Waals surface area (Å²) in [5, 5.41) is 14.2. The van der Waals surface area contributed by atoms with Crippen molar-refractivity contribution < 1.29 is 14.3 Å². The van der Waals surface area contributed by atoms with Gasteiger partial charge in [-0.2, -0.15) is 0 Å². The molecule has 0 aromatic heterocycles. The Morgan fingerprint density at radius 3 is 2.34 bits per heavy atom. The lowest BCUT2D eigenvalue weighted by Crippen LogP contribution is -2.53. The molecule has 152 valence electrons. The first-order valence-electron chi connectivity index (χ1n) is 9.24. The number of nitrogens with one attached hydrogen (secondary N) is 3. The summed E-state index contributed by atoms with van der Waals surface area (Å²) in [6, 6.07) is 12.6. The number of hydrogen-bond acceptors (Lipinski definition) is 4. The first kappa shape index (κ1) is 21.3. The molecule has 29 heavy (non-hydrogen) atoms. The van der Waals surface area contributed by atoms with Crippen LogP contribution in [0.1, 0.15) is 28.8 Å². The lowest BCUT2D eigenvalue weighted by molar-refractivity contribution is -0.123. The van der Waals surface area contributed by atoms with Crippen LogP contribution in [0.5, 0.6) is 0 Å². The molecular weight excluding hydrogens is 413 g/mol. The number of carbonyl (C=O) groups is 2. The fourth-order valence-electron chi connectivity index (χ4n) is 3.19. The topological polar surface area (TPSA) is 91.3 Å². The van der Waals surface area contributed by atoms with Crippen molar-refractivity contribution >= 4 is 40.9 Å². The van der Waals surface area contributed by atoms with Gasteiger partial charge in [-0.25, -0.2) is 0 Å². The molecule has 0 radical (unpaired) electrons. The van der Waals surface area contributed by atoms with E-state index in [2.05, 4.69) is 10.6 Å². The molecule has 2 aromatic carbocycles. The maximum Gasteiger partial charge on any atom is 0.251 e. The third kappa shape index (κ3) is 5.56. The van der Waals surface area contributed by atoms with Crippen molar-refractivity contribution in [3.8, 4) is 0 Å². The molecular formula is C21H21Cl2N3O3. The molecule has 1 aliphatic rings. The number of hydrogen-bond donors (Lipinski definition) is 3. The van der Waals surface area contributed by atoms with E-state index in [-0.39, 0.29) is 16.8 Å². The Labute approximate surface area is 179 Å². The second-order valence-corrected chi connectivity index (χ2v) is 7.57. The van der Waals surface area contributed by atoms with E-state index in [0.29, 0.717) is 42.2 Å². The van der Waals surface area contributed by atoms with E-state index in [1.54, 1.807) is 30.3 Å². The molecule has 2 amide bonds. The molecule has 1 fully saturated rings. The predicted molar refractivity (Wildman–Crippen MR) is 113 cm³/mol. The van der Waals surface area contributed by atoms with Crippen LogP contribution in [-0.4, -0.2) is 36.9 Å². The van der Waals surface area contributed by atoms with Gasteiger partial charge in [0.1, 0.15) is 11.9 Å². The monoisotopic (exact) mass is 433 g/mol. The smallest absolute Gasteiger partial charge is 0.251 e. The van der Waals surface area contributed by atoms with Gasteiger partial charge in [-0.05, 0) is 37.0 Å². The fraction of sp³-hybridized carbons (Fsp3) is 0.286. The van der Waals surface area contributed by atoms with E-state index in [9.17, 15) is 9.59 Å². The quantitative estimate of drug-likeness (QED) is 0.496. The van der Waals surface area contributed by atoms with E-state index in [1.807, 2.05) is 6.07 Å². The molecule has 6 nitrogen and oxygen atoms in total.